The number of carbonyl (C=O) groups is 3. The number of alkyl halides is 3. The fraction of sp³-hybridized carbons (Fsp3) is 0.280. The van der Waals surface area contributed by atoms with Crippen LogP contribution in [0.15, 0.2) is 54.6 Å². The van der Waals surface area contributed by atoms with E-state index < -0.39 is 36.0 Å². The summed E-state index contributed by atoms with van der Waals surface area (Å²) in [6.07, 6.45) is -7.66. The number of benzene rings is 2. The van der Waals surface area contributed by atoms with Crippen LogP contribution in [0.1, 0.15) is 17.7 Å². The van der Waals surface area contributed by atoms with E-state index in [4.69, 9.17) is 9.94 Å². The molecule has 0 saturated carbocycles. The number of pyridine rings is 1. The molecule has 1 fully saturated rings. The van der Waals surface area contributed by atoms with Gasteiger partial charge in [0.25, 0.3) is 5.91 Å². The zero-order chi connectivity index (χ0) is 26.7. The number of hydroxylamine groups is 1. The Morgan fingerprint density at radius 1 is 1.19 bits per heavy atom. The van der Waals surface area contributed by atoms with Gasteiger partial charge in [0.15, 0.2) is 6.10 Å². The number of ether oxygens (including phenoxy) is 2. The van der Waals surface area contributed by atoms with Crippen LogP contribution >= 0.6 is 0 Å². The largest absolute Gasteiger partial charge is 0.490 e. The second kappa shape index (κ2) is 10.4. The third-order valence-corrected chi connectivity index (χ3v) is 5.92. The summed E-state index contributed by atoms with van der Waals surface area (Å²) in [7, 11) is 0. The third-order valence-electron chi connectivity index (χ3n) is 5.92. The van der Waals surface area contributed by atoms with Crippen LogP contribution in [0.4, 0.5) is 18.9 Å². The van der Waals surface area contributed by atoms with Crippen LogP contribution in [-0.2, 0) is 25.7 Å². The molecule has 0 aliphatic carbocycles. The van der Waals surface area contributed by atoms with Gasteiger partial charge in [-0.05, 0) is 37.6 Å². The summed E-state index contributed by atoms with van der Waals surface area (Å²) < 4.78 is 48.5. The lowest BCUT2D eigenvalue weighted by Gasteiger charge is -2.23. The van der Waals surface area contributed by atoms with E-state index in [1.807, 2.05) is 37.3 Å². The molecule has 37 heavy (non-hydrogen) atoms. The van der Waals surface area contributed by atoms with Gasteiger partial charge in [-0.1, -0.05) is 30.3 Å². The van der Waals surface area contributed by atoms with E-state index in [2.05, 4.69) is 9.72 Å². The standard InChI is InChI=1S/C25H22F3N3O6/c1-14-12-15(16-6-2-3-7-18(16)29-14)13-36-20-9-5-4-8-19(20)31-11-10-17(23(31)33)21(22(32)30-35)37-24(34)25(26,27)28/h2-9,12,17,21,35H,10-11,13H2,1H3,(H,30,32)/t17-,21+/m1/s1. The van der Waals surface area contributed by atoms with E-state index in [0.717, 1.165) is 27.6 Å². The van der Waals surface area contributed by atoms with Gasteiger partial charge in [0.1, 0.15) is 12.4 Å². The number of fused-ring (bicyclic) bond motifs is 1. The number of rotatable bonds is 7. The average molecular weight is 517 g/mol. The third kappa shape index (κ3) is 5.48. The fourth-order valence-electron chi connectivity index (χ4n) is 4.26. The monoisotopic (exact) mass is 517 g/mol. The van der Waals surface area contributed by atoms with Crippen molar-refractivity contribution >= 4 is 34.4 Å². The maximum atomic E-state index is 13.2. The minimum absolute atomic E-state index is 0.0138. The summed E-state index contributed by atoms with van der Waals surface area (Å²) in [6, 6.07) is 16.0. The topological polar surface area (TPSA) is 118 Å². The number of nitrogens with zero attached hydrogens (tertiary/aromatic N) is 2. The lowest BCUT2D eigenvalue weighted by molar-refractivity contribution is -0.208. The quantitative estimate of drug-likeness (QED) is 0.280. The highest BCUT2D eigenvalue weighted by Crippen LogP contribution is 2.36. The molecule has 4 rings (SSSR count). The Labute approximate surface area is 208 Å². The minimum Gasteiger partial charge on any atom is -0.487 e. The van der Waals surface area contributed by atoms with Gasteiger partial charge >= 0.3 is 12.1 Å². The molecule has 1 aliphatic heterocycles. The number of nitrogens with one attached hydrogen (secondary N) is 1. The predicted octanol–water partition coefficient (Wildman–Crippen LogP) is 3.45. The number of amides is 2. The fourth-order valence-corrected chi connectivity index (χ4v) is 4.26. The van der Waals surface area contributed by atoms with E-state index in [1.165, 1.54) is 4.90 Å². The van der Waals surface area contributed by atoms with Gasteiger partial charge in [-0.15, -0.1) is 0 Å². The van der Waals surface area contributed by atoms with Crippen LogP contribution in [-0.4, -0.2) is 46.8 Å². The molecule has 194 valence electrons. The maximum absolute atomic E-state index is 13.2. The number of hydrogen-bond acceptors (Lipinski definition) is 7. The van der Waals surface area contributed by atoms with Crippen LogP contribution in [0.25, 0.3) is 10.9 Å². The molecule has 9 nitrogen and oxygen atoms in total. The number of aromatic nitrogens is 1. The van der Waals surface area contributed by atoms with E-state index >= 15 is 0 Å². The van der Waals surface area contributed by atoms with E-state index in [-0.39, 0.29) is 19.6 Å². The molecule has 2 amide bonds. The Morgan fingerprint density at radius 2 is 1.89 bits per heavy atom. The van der Waals surface area contributed by atoms with Crippen LogP contribution in [0.2, 0.25) is 0 Å². The highest BCUT2D eigenvalue weighted by atomic mass is 19.4. The molecular weight excluding hydrogens is 495 g/mol. The molecule has 3 aromatic rings. The number of hydrogen-bond donors (Lipinski definition) is 2. The molecule has 0 spiro atoms. The number of carbonyl (C=O) groups excluding carboxylic acids is 3. The van der Waals surface area contributed by atoms with Gasteiger partial charge in [-0.25, -0.2) is 10.3 Å². The van der Waals surface area contributed by atoms with E-state index in [0.29, 0.717) is 11.4 Å². The molecule has 2 atom stereocenters. The van der Waals surface area contributed by atoms with Crippen molar-refractivity contribution in [3.05, 3.63) is 65.9 Å². The summed E-state index contributed by atoms with van der Waals surface area (Å²) in [5.41, 5.74) is 3.95. The molecule has 1 saturated heterocycles. The highest BCUT2D eigenvalue weighted by molar-refractivity contribution is 6.02. The average Bonchev–Trinajstić information content (AvgIpc) is 3.25. The number of halogens is 3. The van der Waals surface area contributed by atoms with Crippen molar-refractivity contribution in [2.75, 3.05) is 11.4 Å². The van der Waals surface area contributed by atoms with Crippen LogP contribution < -0.4 is 15.1 Å². The van der Waals surface area contributed by atoms with Gasteiger partial charge in [-0.2, -0.15) is 13.2 Å². The molecule has 12 heteroatoms. The van der Waals surface area contributed by atoms with Gasteiger partial charge in [0.2, 0.25) is 5.91 Å². The lowest BCUT2D eigenvalue weighted by atomic mass is 10.00. The predicted molar refractivity (Wildman–Crippen MR) is 124 cm³/mol. The highest BCUT2D eigenvalue weighted by Gasteiger charge is 2.49. The maximum Gasteiger partial charge on any atom is 0.490 e. The Morgan fingerprint density at radius 3 is 2.62 bits per heavy atom. The van der Waals surface area contributed by atoms with Crippen LogP contribution in [0, 0.1) is 12.8 Å². The first-order chi connectivity index (χ1) is 17.6. The number of para-hydroxylation sites is 3. The van der Waals surface area contributed by atoms with Crippen molar-refractivity contribution < 1.29 is 42.2 Å². The zero-order valence-electron chi connectivity index (χ0n) is 19.5. The number of anilines is 1. The van der Waals surface area contributed by atoms with Crippen molar-refractivity contribution in [1.82, 2.24) is 10.5 Å². The molecule has 0 bridgehead atoms. The summed E-state index contributed by atoms with van der Waals surface area (Å²) in [4.78, 5) is 42.3. The molecule has 2 heterocycles. The second-order valence-electron chi connectivity index (χ2n) is 8.38. The molecule has 2 N–H and O–H groups in total. The lowest BCUT2D eigenvalue weighted by Crippen LogP contribution is -2.46. The minimum atomic E-state index is -5.38. The van der Waals surface area contributed by atoms with Crippen LogP contribution in [0.5, 0.6) is 5.75 Å². The smallest absolute Gasteiger partial charge is 0.487 e. The van der Waals surface area contributed by atoms with Crippen molar-refractivity contribution in [2.45, 2.75) is 32.2 Å². The Hall–Kier alpha value is -4.19. The summed E-state index contributed by atoms with van der Waals surface area (Å²) in [5.74, 6) is -5.97. The summed E-state index contributed by atoms with van der Waals surface area (Å²) in [5, 5.41) is 9.84. The van der Waals surface area contributed by atoms with Gasteiger partial charge in [-0.3, -0.25) is 19.8 Å². The molecule has 1 aliphatic rings. The molecular formula is C25H22F3N3O6. The van der Waals surface area contributed by atoms with Crippen molar-refractivity contribution in [3.8, 4) is 5.75 Å². The Bertz CT molecular complexity index is 1350. The SMILES string of the molecule is Cc1cc(COc2ccccc2N2CC[C@H]([C@H](OC(=O)C(F)(F)F)C(=O)NO)C2=O)c2ccccc2n1. The molecule has 0 radical (unpaired) electrons. The molecule has 0 unspecified atom stereocenters. The Balaban J connectivity index is 1.56. The van der Waals surface area contributed by atoms with E-state index in [1.54, 1.807) is 24.3 Å². The van der Waals surface area contributed by atoms with Crippen LogP contribution in [0.3, 0.4) is 0 Å². The first-order valence-electron chi connectivity index (χ1n) is 11.2. The molecule has 1 aromatic heterocycles. The first kappa shape index (κ1) is 25.9. The van der Waals surface area contributed by atoms with Crippen molar-refractivity contribution in [1.29, 1.82) is 0 Å². The van der Waals surface area contributed by atoms with Crippen molar-refractivity contribution in [2.24, 2.45) is 5.92 Å². The summed E-state index contributed by atoms with van der Waals surface area (Å²) in [6.45, 7) is 2.02. The molecule has 2 aromatic carbocycles. The van der Waals surface area contributed by atoms with Gasteiger partial charge in [0.05, 0.1) is 17.1 Å². The van der Waals surface area contributed by atoms with Gasteiger partial charge in [0, 0.05) is 23.2 Å². The van der Waals surface area contributed by atoms with Gasteiger partial charge < -0.3 is 14.4 Å². The number of aryl methyl sites for hydroxylation is 1. The van der Waals surface area contributed by atoms with E-state index in [9.17, 15) is 27.6 Å². The van der Waals surface area contributed by atoms with Crippen molar-refractivity contribution in [3.63, 3.8) is 0 Å². The second-order valence-corrected chi connectivity index (χ2v) is 8.38. The normalized spacial score (nSPS) is 16.5. The summed E-state index contributed by atoms with van der Waals surface area (Å²) >= 11 is 0. The zero-order valence-corrected chi connectivity index (χ0v) is 19.5. The first-order valence-corrected chi connectivity index (χ1v) is 11.2. The Kier molecular flexibility index (Phi) is 7.30. The number of esters is 1.